The van der Waals surface area contributed by atoms with Crippen LogP contribution in [0.2, 0.25) is 0 Å². The molecule has 1 amide bonds. The van der Waals surface area contributed by atoms with Crippen molar-refractivity contribution in [3.05, 3.63) is 77.0 Å². The fourth-order valence-electron chi connectivity index (χ4n) is 3.65. The fourth-order valence-corrected chi connectivity index (χ4v) is 3.65. The van der Waals surface area contributed by atoms with E-state index >= 15 is 0 Å². The number of carbonyl (C=O) groups is 2. The lowest BCUT2D eigenvalue weighted by atomic mass is 10.0. The summed E-state index contributed by atoms with van der Waals surface area (Å²) < 4.78 is 5.74. The zero-order valence-corrected chi connectivity index (χ0v) is 17.1. The van der Waals surface area contributed by atoms with E-state index in [0.717, 1.165) is 29.9 Å². The van der Waals surface area contributed by atoms with Crippen molar-refractivity contribution in [1.29, 1.82) is 0 Å². The van der Waals surface area contributed by atoms with Gasteiger partial charge in [-0.15, -0.1) is 0 Å². The van der Waals surface area contributed by atoms with Gasteiger partial charge in [0.1, 0.15) is 11.5 Å². The van der Waals surface area contributed by atoms with E-state index in [4.69, 9.17) is 4.42 Å². The molecule has 1 fully saturated rings. The van der Waals surface area contributed by atoms with Gasteiger partial charge in [-0.05, 0) is 73.4 Å². The third kappa shape index (κ3) is 4.66. The summed E-state index contributed by atoms with van der Waals surface area (Å²) in [5.41, 5.74) is 5.80. The second kappa shape index (κ2) is 8.87. The predicted molar refractivity (Wildman–Crippen MR) is 116 cm³/mol. The number of anilines is 1. The number of hydrazone groups is 1. The van der Waals surface area contributed by atoms with Gasteiger partial charge in [0.05, 0.1) is 12.2 Å². The molecule has 0 atom stereocenters. The SMILES string of the molecule is Cc1cc(C(=O)[O-])ccc1-c1ccc(/C=N\NC(=O)c2ccc(N3CCCC3)cc2)o1. The van der Waals surface area contributed by atoms with Gasteiger partial charge in [-0.1, -0.05) is 12.1 Å². The van der Waals surface area contributed by atoms with Crippen LogP contribution in [0.15, 0.2) is 64.1 Å². The minimum Gasteiger partial charge on any atom is -0.545 e. The van der Waals surface area contributed by atoms with Crippen LogP contribution >= 0.6 is 0 Å². The standard InChI is InChI=1S/C24H23N3O4/c1-16-14-18(24(29)30)6-10-21(16)22-11-9-20(31-22)15-25-26-23(28)17-4-7-19(8-5-17)27-12-2-3-13-27/h4-11,14-15H,2-3,12-13H2,1H3,(H,26,28)(H,29,30)/p-1/b25-15-. The third-order valence-electron chi connectivity index (χ3n) is 5.31. The van der Waals surface area contributed by atoms with Crippen LogP contribution in [0.25, 0.3) is 11.3 Å². The molecule has 7 heteroatoms. The van der Waals surface area contributed by atoms with E-state index in [1.807, 2.05) is 12.1 Å². The number of carboxylic acid groups (broad SMARTS) is 1. The Morgan fingerprint density at radius 1 is 1.03 bits per heavy atom. The first-order chi connectivity index (χ1) is 15.0. The van der Waals surface area contributed by atoms with Crippen molar-refractivity contribution in [3.63, 3.8) is 0 Å². The van der Waals surface area contributed by atoms with Crippen LogP contribution < -0.4 is 15.4 Å². The number of nitrogens with one attached hydrogen (secondary N) is 1. The van der Waals surface area contributed by atoms with Crippen LogP contribution in [0.4, 0.5) is 5.69 Å². The Hall–Kier alpha value is -3.87. The number of nitrogens with zero attached hydrogens (tertiary/aromatic N) is 2. The van der Waals surface area contributed by atoms with Crippen molar-refractivity contribution >= 4 is 23.8 Å². The molecule has 0 bridgehead atoms. The zero-order chi connectivity index (χ0) is 21.8. The second-order valence-electron chi connectivity index (χ2n) is 7.46. The quantitative estimate of drug-likeness (QED) is 0.492. The average Bonchev–Trinajstić information content (AvgIpc) is 3.46. The average molecular weight is 416 g/mol. The Balaban J connectivity index is 1.38. The highest BCUT2D eigenvalue weighted by Gasteiger charge is 2.13. The smallest absolute Gasteiger partial charge is 0.271 e. The lowest BCUT2D eigenvalue weighted by Crippen LogP contribution is -2.22. The number of aryl methyl sites for hydroxylation is 1. The van der Waals surface area contributed by atoms with E-state index in [1.54, 1.807) is 37.3 Å². The van der Waals surface area contributed by atoms with Crippen LogP contribution in [0.5, 0.6) is 0 Å². The molecule has 0 aliphatic carbocycles. The fraction of sp³-hybridized carbons (Fsp3) is 0.208. The lowest BCUT2D eigenvalue weighted by molar-refractivity contribution is -0.255. The molecule has 3 aromatic rings. The highest BCUT2D eigenvalue weighted by atomic mass is 16.4. The molecule has 1 aromatic heterocycles. The molecule has 0 saturated carbocycles. The highest BCUT2D eigenvalue weighted by Crippen LogP contribution is 2.26. The number of hydrogen-bond donors (Lipinski definition) is 1. The number of hydrogen-bond acceptors (Lipinski definition) is 6. The highest BCUT2D eigenvalue weighted by molar-refractivity contribution is 5.95. The number of rotatable bonds is 6. The monoisotopic (exact) mass is 416 g/mol. The van der Waals surface area contributed by atoms with Crippen LogP contribution in [0.1, 0.15) is 44.9 Å². The van der Waals surface area contributed by atoms with Gasteiger partial charge in [-0.25, -0.2) is 5.43 Å². The number of carbonyl (C=O) groups excluding carboxylic acids is 2. The third-order valence-corrected chi connectivity index (χ3v) is 5.31. The summed E-state index contributed by atoms with van der Waals surface area (Å²) in [5, 5.41) is 14.9. The Kier molecular flexibility index (Phi) is 5.84. The molecule has 0 radical (unpaired) electrons. The van der Waals surface area contributed by atoms with Gasteiger partial charge < -0.3 is 19.2 Å². The molecule has 2 heterocycles. The minimum absolute atomic E-state index is 0.116. The molecule has 4 rings (SSSR count). The van der Waals surface area contributed by atoms with Crippen LogP contribution in [0.3, 0.4) is 0 Å². The van der Waals surface area contributed by atoms with Gasteiger partial charge in [0, 0.05) is 29.9 Å². The number of benzene rings is 2. The summed E-state index contributed by atoms with van der Waals surface area (Å²) in [5.74, 6) is -0.483. The summed E-state index contributed by atoms with van der Waals surface area (Å²) >= 11 is 0. The lowest BCUT2D eigenvalue weighted by Gasteiger charge is -2.17. The van der Waals surface area contributed by atoms with Crippen molar-refractivity contribution in [1.82, 2.24) is 5.43 Å². The van der Waals surface area contributed by atoms with Crippen molar-refractivity contribution < 1.29 is 19.1 Å². The van der Waals surface area contributed by atoms with Crippen LogP contribution in [-0.2, 0) is 0 Å². The predicted octanol–water partition coefficient (Wildman–Crippen LogP) is 2.98. The number of furan rings is 1. The Labute approximate surface area is 180 Å². The summed E-state index contributed by atoms with van der Waals surface area (Å²) in [6.45, 7) is 3.91. The molecule has 2 aromatic carbocycles. The molecule has 1 saturated heterocycles. The van der Waals surface area contributed by atoms with Gasteiger partial charge in [-0.3, -0.25) is 4.79 Å². The summed E-state index contributed by atoms with van der Waals surface area (Å²) in [6, 6.07) is 15.7. The van der Waals surface area contributed by atoms with E-state index in [1.165, 1.54) is 31.2 Å². The first kappa shape index (κ1) is 20.4. The van der Waals surface area contributed by atoms with Crippen LogP contribution in [-0.4, -0.2) is 31.2 Å². The largest absolute Gasteiger partial charge is 0.545 e. The van der Waals surface area contributed by atoms with E-state index in [9.17, 15) is 14.7 Å². The summed E-state index contributed by atoms with van der Waals surface area (Å²) in [4.78, 5) is 25.6. The Morgan fingerprint density at radius 3 is 2.42 bits per heavy atom. The number of aromatic carboxylic acids is 1. The van der Waals surface area contributed by atoms with Crippen molar-refractivity contribution in [3.8, 4) is 11.3 Å². The van der Waals surface area contributed by atoms with E-state index < -0.39 is 5.97 Å². The first-order valence-corrected chi connectivity index (χ1v) is 10.1. The summed E-state index contributed by atoms with van der Waals surface area (Å²) in [6.07, 6.45) is 3.83. The van der Waals surface area contributed by atoms with Gasteiger partial charge >= 0.3 is 0 Å². The van der Waals surface area contributed by atoms with E-state index in [2.05, 4.69) is 15.4 Å². The first-order valence-electron chi connectivity index (χ1n) is 10.1. The molecular weight excluding hydrogens is 394 g/mol. The maximum atomic E-state index is 12.3. The van der Waals surface area contributed by atoms with E-state index in [0.29, 0.717) is 17.1 Å². The molecule has 158 valence electrons. The molecule has 1 aliphatic heterocycles. The topological polar surface area (TPSA) is 98.0 Å². The Bertz CT molecular complexity index is 1130. The maximum Gasteiger partial charge on any atom is 0.271 e. The van der Waals surface area contributed by atoms with E-state index in [-0.39, 0.29) is 11.5 Å². The van der Waals surface area contributed by atoms with Gasteiger partial charge in [-0.2, -0.15) is 5.10 Å². The molecule has 31 heavy (non-hydrogen) atoms. The molecule has 7 nitrogen and oxygen atoms in total. The van der Waals surface area contributed by atoms with Crippen molar-refractivity contribution in [2.24, 2.45) is 5.10 Å². The molecule has 1 N–H and O–H groups in total. The van der Waals surface area contributed by atoms with Gasteiger partial charge in [0.15, 0.2) is 0 Å². The molecule has 1 aliphatic rings. The number of carboxylic acids is 1. The zero-order valence-electron chi connectivity index (χ0n) is 17.1. The van der Waals surface area contributed by atoms with Crippen molar-refractivity contribution in [2.75, 3.05) is 18.0 Å². The second-order valence-corrected chi connectivity index (χ2v) is 7.46. The molecule has 0 unspecified atom stereocenters. The molecular formula is C24H22N3O4-. The van der Waals surface area contributed by atoms with Gasteiger partial charge in [0.2, 0.25) is 0 Å². The minimum atomic E-state index is -1.22. The van der Waals surface area contributed by atoms with Gasteiger partial charge in [0.25, 0.3) is 5.91 Å². The van der Waals surface area contributed by atoms with Crippen LogP contribution in [0, 0.1) is 6.92 Å². The maximum absolute atomic E-state index is 12.3. The number of amides is 1. The molecule has 0 spiro atoms. The Morgan fingerprint density at radius 2 is 1.74 bits per heavy atom. The summed E-state index contributed by atoms with van der Waals surface area (Å²) in [7, 11) is 0. The van der Waals surface area contributed by atoms with Crippen molar-refractivity contribution in [2.45, 2.75) is 19.8 Å². The normalized spacial score (nSPS) is 13.6.